The van der Waals surface area contributed by atoms with Gasteiger partial charge in [-0.15, -0.1) is 0 Å². The largest absolute Gasteiger partial charge is 0.396 e. The van der Waals surface area contributed by atoms with Crippen molar-refractivity contribution in [2.75, 3.05) is 6.61 Å². The number of amides is 1. The molecule has 0 aromatic heterocycles. The number of hydrogen-bond acceptors (Lipinski definition) is 2. The van der Waals surface area contributed by atoms with Gasteiger partial charge in [0.25, 0.3) is 0 Å². The Bertz CT molecular complexity index is 125. The van der Waals surface area contributed by atoms with Gasteiger partial charge in [-0.1, -0.05) is 0 Å². The van der Waals surface area contributed by atoms with Gasteiger partial charge in [0, 0.05) is 19.1 Å². The summed E-state index contributed by atoms with van der Waals surface area (Å²) in [6.07, 6.45) is 3.32. The van der Waals surface area contributed by atoms with Crippen molar-refractivity contribution in [3.63, 3.8) is 0 Å². The van der Waals surface area contributed by atoms with Gasteiger partial charge in [0.1, 0.15) is 0 Å². The molecule has 1 aliphatic heterocycles. The van der Waals surface area contributed by atoms with Crippen LogP contribution in [0, 0.1) is 0 Å². The standard InChI is InChI=1S/C7H13NO2/c9-5-1-2-6-3-4-7(10)8-6/h6,9H,1-5H2,(H,8,10). The molecule has 0 aromatic carbocycles. The van der Waals surface area contributed by atoms with E-state index in [1.54, 1.807) is 0 Å². The van der Waals surface area contributed by atoms with Crippen LogP contribution in [0.25, 0.3) is 0 Å². The number of aliphatic hydroxyl groups excluding tert-OH is 1. The molecule has 3 heteroatoms. The van der Waals surface area contributed by atoms with Gasteiger partial charge in [-0.3, -0.25) is 4.79 Å². The molecule has 0 aromatic rings. The minimum atomic E-state index is 0.155. The Morgan fingerprint density at radius 3 is 3.00 bits per heavy atom. The number of carbonyl (C=O) groups is 1. The molecule has 1 rings (SSSR count). The molecule has 58 valence electrons. The van der Waals surface area contributed by atoms with Crippen molar-refractivity contribution in [2.45, 2.75) is 31.7 Å². The number of rotatable bonds is 3. The molecule has 1 fully saturated rings. The van der Waals surface area contributed by atoms with Crippen molar-refractivity contribution in [2.24, 2.45) is 0 Å². The zero-order chi connectivity index (χ0) is 7.40. The second-order valence-electron chi connectivity index (χ2n) is 2.67. The van der Waals surface area contributed by atoms with E-state index < -0.39 is 0 Å². The Balaban J connectivity index is 2.12. The highest BCUT2D eigenvalue weighted by Crippen LogP contribution is 2.10. The van der Waals surface area contributed by atoms with Crippen molar-refractivity contribution in [1.29, 1.82) is 0 Å². The Morgan fingerprint density at radius 2 is 2.50 bits per heavy atom. The molecule has 0 saturated carbocycles. The van der Waals surface area contributed by atoms with Crippen LogP contribution < -0.4 is 5.32 Å². The maximum Gasteiger partial charge on any atom is 0.220 e. The average Bonchev–Trinajstić information content (AvgIpc) is 2.31. The lowest BCUT2D eigenvalue weighted by molar-refractivity contribution is -0.119. The van der Waals surface area contributed by atoms with Gasteiger partial charge < -0.3 is 10.4 Å². The number of aliphatic hydroxyl groups is 1. The summed E-state index contributed by atoms with van der Waals surface area (Å²) < 4.78 is 0. The average molecular weight is 143 g/mol. The van der Waals surface area contributed by atoms with E-state index in [1.807, 2.05) is 0 Å². The van der Waals surface area contributed by atoms with Gasteiger partial charge in [-0.2, -0.15) is 0 Å². The summed E-state index contributed by atoms with van der Waals surface area (Å²) in [5, 5.41) is 11.3. The summed E-state index contributed by atoms with van der Waals surface area (Å²) in [4.78, 5) is 10.6. The van der Waals surface area contributed by atoms with Crippen molar-refractivity contribution in [3.8, 4) is 0 Å². The molecular formula is C7H13NO2. The van der Waals surface area contributed by atoms with E-state index in [0.29, 0.717) is 12.5 Å². The van der Waals surface area contributed by atoms with E-state index >= 15 is 0 Å². The lowest BCUT2D eigenvalue weighted by atomic mass is 10.1. The predicted molar refractivity (Wildman–Crippen MR) is 37.5 cm³/mol. The molecule has 1 amide bonds. The molecule has 3 nitrogen and oxygen atoms in total. The first-order chi connectivity index (χ1) is 4.83. The maximum atomic E-state index is 10.6. The Hall–Kier alpha value is -0.570. The van der Waals surface area contributed by atoms with Crippen LogP contribution in [0.4, 0.5) is 0 Å². The lowest BCUT2D eigenvalue weighted by Crippen LogP contribution is -2.25. The summed E-state index contributed by atoms with van der Waals surface area (Å²) in [5.41, 5.74) is 0. The van der Waals surface area contributed by atoms with Crippen LogP contribution in [0.3, 0.4) is 0 Å². The van der Waals surface area contributed by atoms with E-state index in [9.17, 15) is 4.79 Å². The Kier molecular flexibility index (Phi) is 2.68. The molecule has 1 aliphatic rings. The van der Waals surface area contributed by atoms with E-state index in [4.69, 9.17) is 5.11 Å². The molecule has 2 N–H and O–H groups in total. The molecule has 0 bridgehead atoms. The molecule has 1 unspecified atom stereocenters. The highest BCUT2D eigenvalue weighted by atomic mass is 16.2. The smallest absolute Gasteiger partial charge is 0.220 e. The Labute approximate surface area is 60.4 Å². The van der Waals surface area contributed by atoms with E-state index in [0.717, 1.165) is 19.3 Å². The minimum Gasteiger partial charge on any atom is -0.396 e. The fourth-order valence-corrected chi connectivity index (χ4v) is 1.23. The van der Waals surface area contributed by atoms with Crippen LogP contribution in [0.2, 0.25) is 0 Å². The van der Waals surface area contributed by atoms with Gasteiger partial charge in [-0.25, -0.2) is 0 Å². The first kappa shape index (κ1) is 7.54. The van der Waals surface area contributed by atoms with Crippen LogP contribution in [-0.2, 0) is 4.79 Å². The first-order valence-corrected chi connectivity index (χ1v) is 3.73. The molecule has 10 heavy (non-hydrogen) atoms. The Morgan fingerprint density at radius 1 is 1.70 bits per heavy atom. The van der Waals surface area contributed by atoms with Crippen LogP contribution in [-0.4, -0.2) is 23.7 Å². The molecule has 1 heterocycles. The minimum absolute atomic E-state index is 0.155. The third-order valence-electron chi connectivity index (χ3n) is 1.80. The van der Waals surface area contributed by atoms with Gasteiger partial charge in [0.2, 0.25) is 5.91 Å². The molecule has 1 atom stereocenters. The summed E-state index contributed by atoms with van der Waals surface area (Å²) in [6.45, 7) is 0.229. The second kappa shape index (κ2) is 3.56. The zero-order valence-electron chi connectivity index (χ0n) is 5.97. The van der Waals surface area contributed by atoms with Crippen molar-refractivity contribution < 1.29 is 9.90 Å². The first-order valence-electron chi connectivity index (χ1n) is 3.73. The maximum absolute atomic E-state index is 10.6. The monoisotopic (exact) mass is 143 g/mol. The topological polar surface area (TPSA) is 49.3 Å². The van der Waals surface area contributed by atoms with Crippen molar-refractivity contribution in [1.82, 2.24) is 5.32 Å². The summed E-state index contributed by atoms with van der Waals surface area (Å²) in [7, 11) is 0. The summed E-state index contributed by atoms with van der Waals surface area (Å²) in [6, 6.07) is 0.333. The van der Waals surface area contributed by atoms with Gasteiger partial charge in [0.15, 0.2) is 0 Å². The normalized spacial score (nSPS) is 24.9. The van der Waals surface area contributed by atoms with E-state index in [2.05, 4.69) is 5.32 Å². The fourth-order valence-electron chi connectivity index (χ4n) is 1.23. The lowest BCUT2D eigenvalue weighted by Gasteiger charge is -2.06. The molecule has 1 saturated heterocycles. The molecule has 0 aliphatic carbocycles. The highest BCUT2D eigenvalue weighted by molar-refractivity contribution is 5.78. The number of hydrogen-bond donors (Lipinski definition) is 2. The number of nitrogens with one attached hydrogen (secondary N) is 1. The molecular weight excluding hydrogens is 130 g/mol. The highest BCUT2D eigenvalue weighted by Gasteiger charge is 2.19. The summed E-state index contributed by atoms with van der Waals surface area (Å²) in [5.74, 6) is 0.155. The van der Waals surface area contributed by atoms with E-state index in [-0.39, 0.29) is 12.5 Å². The van der Waals surface area contributed by atoms with Crippen LogP contribution in [0.15, 0.2) is 0 Å². The quantitative estimate of drug-likeness (QED) is 0.586. The zero-order valence-corrected chi connectivity index (χ0v) is 5.97. The van der Waals surface area contributed by atoms with Gasteiger partial charge in [-0.05, 0) is 19.3 Å². The fraction of sp³-hybridized carbons (Fsp3) is 0.857. The number of carbonyl (C=O) groups excluding carboxylic acids is 1. The molecule has 0 radical (unpaired) electrons. The van der Waals surface area contributed by atoms with E-state index in [1.165, 1.54) is 0 Å². The van der Waals surface area contributed by atoms with Crippen molar-refractivity contribution >= 4 is 5.91 Å². The van der Waals surface area contributed by atoms with Gasteiger partial charge >= 0.3 is 0 Å². The van der Waals surface area contributed by atoms with Crippen LogP contribution in [0.1, 0.15) is 25.7 Å². The van der Waals surface area contributed by atoms with Gasteiger partial charge in [0.05, 0.1) is 0 Å². The van der Waals surface area contributed by atoms with Crippen LogP contribution in [0.5, 0.6) is 0 Å². The second-order valence-corrected chi connectivity index (χ2v) is 2.67. The third-order valence-corrected chi connectivity index (χ3v) is 1.80. The van der Waals surface area contributed by atoms with Crippen LogP contribution >= 0.6 is 0 Å². The SMILES string of the molecule is O=C1CCC(CCCO)N1. The molecule has 0 spiro atoms. The predicted octanol–water partition coefficient (Wildman–Crippen LogP) is 0.0375. The third kappa shape index (κ3) is 1.99. The summed E-state index contributed by atoms with van der Waals surface area (Å²) >= 11 is 0. The van der Waals surface area contributed by atoms with Crippen molar-refractivity contribution in [3.05, 3.63) is 0 Å².